The van der Waals surface area contributed by atoms with Gasteiger partial charge in [-0.15, -0.1) is 30.7 Å². The molecule has 0 fully saturated rings. The van der Waals surface area contributed by atoms with Gasteiger partial charge in [-0.2, -0.15) is 0 Å². The molecule has 0 saturated carbocycles. The molecule has 72 heavy (non-hydrogen) atoms. The van der Waals surface area contributed by atoms with Gasteiger partial charge in [0, 0.05) is 71.0 Å². The number of azo groups is 2. The minimum Gasteiger partial charge on any atom is -0.491 e. The highest BCUT2D eigenvalue weighted by atomic mass is 79.9. The highest BCUT2D eigenvalue weighted by Gasteiger charge is 2.16. The maximum Gasteiger partial charge on any atom is 0.273 e. The Morgan fingerprint density at radius 3 is 1.28 bits per heavy atom. The van der Waals surface area contributed by atoms with Crippen LogP contribution in [0.2, 0.25) is 0 Å². The number of hydrogen-bond acceptors (Lipinski definition) is 16. The van der Waals surface area contributed by atoms with Gasteiger partial charge in [0.25, 0.3) is 11.4 Å². The highest BCUT2D eigenvalue weighted by Crippen LogP contribution is 2.38. The molecule has 7 aromatic rings. The van der Waals surface area contributed by atoms with E-state index >= 15 is 0 Å². The Hall–Kier alpha value is -7.46. The van der Waals surface area contributed by atoms with E-state index in [1.54, 1.807) is 9.36 Å². The average molecular weight is 1110 g/mol. The van der Waals surface area contributed by atoms with Crippen LogP contribution >= 0.6 is 31.9 Å². The topological polar surface area (TPSA) is 222 Å². The summed E-state index contributed by atoms with van der Waals surface area (Å²) in [7, 11) is 0. The first kappa shape index (κ1) is 52.4. The second kappa shape index (κ2) is 25.6. The van der Waals surface area contributed by atoms with Crippen LogP contribution in [0.4, 0.5) is 45.5 Å². The lowest BCUT2D eigenvalue weighted by molar-refractivity contribution is -0.385. The monoisotopic (exact) mass is 1100 g/mol. The van der Waals surface area contributed by atoms with Crippen LogP contribution in [-0.2, 0) is 25.9 Å². The molecule has 2 aromatic heterocycles. The van der Waals surface area contributed by atoms with Gasteiger partial charge in [-0.1, -0.05) is 34.7 Å². The minimum atomic E-state index is -0.470. The summed E-state index contributed by atoms with van der Waals surface area (Å²) < 4.78 is 17.1. The van der Waals surface area contributed by atoms with Crippen molar-refractivity contribution in [2.45, 2.75) is 66.5 Å². The normalized spacial score (nSPS) is 11.4. The Morgan fingerprint density at radius 1 is 0.542 bits per heavy atom. The molecule has 0 N–H and O–H groups in total. The van der Waals surface area contributed by atoms with Crippen LogP contribution < -0.4 is 19.3 Å². The SMILES string of the molecule is CCN(CC)c1ccc(N=Nc2ccc([N+](=O)[O-])cc2OCCCc2cn(Cc3ccc(Cn4cc(CCCOc5cc([N+](=O)[O-])ccc5N=Nc5ccc(N(CC)CC)cc5Br)nn4)cc3)nn2)c(Br)c1. The first-order valence-electron chi connectivity index (χ1n) is 23.5. The molecule has 0 atom stereocenters. The van der Waals surface area contributed by atoms with Gasteiger partial charge in [-0.25, -0.2) is 9.36 Å². The van der Waals surface area contributed by atoms with E-state index in [9.17, 15) is 20.2 Å². The molecule has 0 unspecified atom stereocenters. The molecule has 0 spiro atoms. The molecule has 2 heterocycles. The van der Waals surface area contributed by atoms with Crippen LogP contribution in [0.15, 0.2) is 139 Å². The molecule has 0 bridgehead atoms. The smallest absolute Gasteiger partial charge is 0.273 e. The summed E-state index contributed by atoms with van der Waals surface area (Å²) in [6.07, 6.45) is 6.14. The zero-order valence-electron chi connectivity index (χ0n) is 40.3. The van der Waals surface area contributed by atoms with Gasteiger partial charge >= 0.3 is 0 Å². The Labute approximate surface area is 433 Å². The van der Waals surface area contributed by atoms with Gasteiger partial charge in [-0.3, -0.25) is 20.2 Å². The van der Waals surface area contributed by atoms with Crippen molar-refractivity contribution in [1.29, 1.82) is 0 Å². The average Bonchev–Trinajstić information content (AvgIpc) is 4.04. The summed E-state index contributed by atoms with van der Waals surface area (Å²) >= 11 is 7.19. The molecule has 0 aliphatic heterocycles. The molecule has 0 amide bonds. The van der Waals surface area contributed by atoms with Gasteiger partial charge in [0.1, 0.15) is 11.4 Å². The van der Waals surface area contributed by atoms with Crippen molar-refractivity contribution in [3.8, 4) is 11.5 Å². The summed E-state index contributed by atoms with van der Waals surface area (Å²) in [4.78, 5) is 26.6. The van der Waals surface area contributed by atoms with E-state index in [0.29, 0.717) is 61.5 Å². The third kappa shape index (κ3) is 14.3. The van der Waals surface area contributed by atoms with E-state index in [-0.39, 0.29) is 36.1 Å². The molecule has 7 rings (SSSR count). The molecule has 0 aliphatic carbocycles. The number of aromatic nitrogens is 6. The fourth-order valence-electron chi connectivity index (χ4n) is 7.63. The van der Waals surface area contributed by atoms with Gasteiger partial charge < -0.3 is 19.3 Å². The van der Waals surface area contributed by atoms with Crippen molar-refractivity contribution >= 4 is 77.4 Å². The molecule has 0 aliphatic rings. The van der Waals surface area contributed by atoms with Gasteiger partial charge in [0.15, 0.2) is 11.5 Å². The Bertz CT molecular complexity index is 2810. The summed E-state index contributed by atoms with van der Waals surface area (Å²) in [5, 5.41) is 58.0. The van der Waals surface area contributed by atoms with Crippen LogP contribution in [0, 0.1) is 20.2 Å². The van der Waals surface area contributed by atoms with Crippen molar-refractivity contribution in [3.05, 3.63) is 161 Å². The molecular formula is C50H54Br2N14O6. The minimum absolute atomic E-state index is 0.104. The lowest BCUT2D eigenvalue weighted by Crippen LogP contribution is -2.21. The van der Waals surface area contributed by atoms with Crippen LogP contribution in [0.3, 0.4) is 0 Å². The van der Waals surface area contributed by atoms with Gasteiger partial charge in [0.05, 0.1) is 71.0 Å². The van der Waals surface area contributed by atoms with Crippen LogP contribution in [-0.4, -0.2) is 79.2 Å². The summed E-state index contributed by atoms with van der Waals surface area (Å²) in [6.45, 7) is 13.5. The van der Waals surface area contributed by atoms with E-state index in [0.717, 1.165) is 69.0 Å². The van der Waals surface area contributed by atoms with Crippen molar-refractivity contribution in [2.75, 3.05) is 49.2 Å². The molecule has 374 valence electrons. The number of halogens is 2. The second-order valence-electron chi connectivity index (χ2n) is 16.4. The summed E-state index contributed by atoms with van der Waals surface area (Å²) in [5.41, 5.74) is 7.58. The van der Waals surface area contributed by atoms with Crippen LogP contribution in [0.1, 0.15) is 63.1 Å². The number of nitro groups is 2. The molecular weight excluding hydrogens is 1050 g/mol. The Morgan fingerprint density at radius 2 is 0.917 bits per heavy atom. The fourth-order valence-corrected chi connectivity index (χ4v) is 8.52. The van der Waals surface area contributed by atoms with E-state index in [1.807, 2.05) is 73.1 Å². The molecule has 20 nitrogen and oxygen atoms in total. The zero-order chi connectivity index (χ0) is 51.0. The number of nitrogens with zero attached hydrogens (tertiary/aromatic N) is 14. The van der Waals surface area contributed by atoms with Crippen molar-refractivity contribution < 1.29 is 19.3 Å². The number of aryl methyl sites for hydroxylation is 2. The molecule has 22 heteroatoms. The third-order valence-corrected chi connectivity index (χ3v) is 12.8. The maximum atomic E-state index is 11.6. The van der Waals surface area contributed by atoms with E-state index in [4.69, 9.17) is 9.47 Å². The van der Waals surface area contributed by atoms with Crippen LogP contribution in [0.5, 0.6) is 11.5 Å². The lowest BCUT2D eigenvalue weighted by atomic mass is 10.1. The van der Waals surface area contributed by atoms with Crippen molar-refractivity contribution in [1.82, 2.24) is 30.0 Å². The van der Waals surface area contributed by atoms with E-state index in [2.05, 4.69) is 110 Å². The fraction of sp³-hybridized carbons (Fsp3) is 0.320. The first-order chi connectivity index (χ1) is 34.9. The number of hydrogen-bond donors (Lipinski definition) is 0. The largest absolute Gasteiger partial charge is 0.491 e. The van der Waals surface area contributed by atoms with Gasteiger partial charge in [-0.05, 0) is 145 Å². The summed E-state index contributed by atoms with van der Waals surface area (Å²) in [6, 6.07) is 28.4. The number of rotatable bonds is 26. The predicted molar refractivity (Wildman–Crippen MR) is 282 cm³/mol. The van der Waals surface area contributed by atoms with Crippen molar-refractivity contribution in [3.63, 3.8) is 0 Å². The van der Waals surface area contributed by atoms with Crippen molar-refractivity contribution in [2.24, 2.45) is 20.5 Å². The quantitative estimate of drug-likeness (QED) is 0.0214. The van der Waals surface area contributed by atoms with E-state index < -0.39 is 9.85 Å². The summed E-state index contributed by atoms with van der Waals surface area (Å²) in [5.74, 6) is 0.528. The lowest BCUT2D eigenvalue weighted by Gasteiger charge is -2.21. The number of benzene rings is 5. The second-order valence-corrected chi connectivity index (χ2v) is 18.1. The Balaban J connectivity index is 0.861. The number of non-ortho nitro benzene ring substituents is 2. The van der Waals surface area contributed by atoms with E-state index in [1.165, 1.54) is 36.4 Å². The standard InChI is InChI=1S/C50H54Br2N14O6/c1-5-61(6-2)39-17-21-45(43(51)27-39)55-57-47-23-19-41(65(67)68)29-49(47)71-25-9-11-37-33-63(59-53-37)31-35-13-15-36(16-14-35)32-64-34-38(54-60-64)12-10-26-72-50-30-42(66(69)70)20-24-48(50)58-56-46-22-18-40(28-44(46)52)62(7-3)8-4/h13-24,27-30,33-34H,5-12,25-26,31-32H2,1-4H3. The molecule has 0 saturated heterocycles. The predicted octanol–water partition coefficient (Wildman–Crippen LogP) is 12.9. The number of anilines is 2. The number of nitro benzene ring substituents is 2. The van der Waals surface area contributed by atoms with Crippen LogP contribution in [0.25, 0.3) is 0 Å². The highest BCUT2D eigenvalue weighted by molar-refractivity contribution is 9.11. The van der Waals surface area contributed by atoms with Gasteiger partial charge in [0.2, 0.25) is 0 Å². The first-order valence-corrected chi connectivity index (χ1v) is 25.1. The maximum absolute atomic E-state index is 11.6. The molecule has 0 radical (unpaired) electrons. The molecule has 5 aromatic carbocycles. The number of ether oxygens (including phenoxy) is 2. The zero-order valence-corrected chi connectivity index (χ0v) is 43.5. The third-order valence-electron chi connectivity index (χ3n) is 11.5. The Kier molecular flexibility index (Phi) is 18.6.